The normalized spacial score (nSPS) is 42.2. The fourth-order valence-electron chi connectivity index (χ4n) is 9.37. The molecular formula is C29H42O10. The molecule has 8 saturated carbocycles. The summed E-state index contributed by atoms with van der Waals surface area (Å²) in [5.41, 5.74) is -0.568. The van der Waals surface area contributed by atoms with E-state index in [4.69, 9.17) is 18.9 Å². The van der Waals surface area contributed by atoms with E-state index < -0.39 is 6.16 Å². The Morgan fingerprint density at radius 1 is 0.641 bits per heavy atom. The van der Waals surface area contributed by atoms with Gasteiger partial charge >= 0.3 is 24.1 Å². The standard InChI is InChI=1S/C15H22O5.C14H20O5/c1-9(16)20-14-11-3-10-4-12(14)7-15(5-10,6-11)19-8-13(17)18-2;1-8(15)18-12-10-3-9-4-11(12)7-14(5-9,6-10)19-13(16)17-2/h10-12,14H,3-8H2,1-2H3;9-12H,3-7H2,1-2H3. The van der Waals surface area contributed by atoms with Gasteiger partial charge in [0.1, 0.15) is 24.4 Å². The Hall–Kier alpha value is -2.36. The third-order valence-electron chi connectivity index (χ3n) is 10.1. The van der Waals surface area contributed by atoms with E-state index in [2.05, 4.69) is 9.47 Å². The zero-order valence-electron chi connectivity index (χ0n) is 23.5. The van der Waals surface area contributed by atoms with E-state index in [-0.39, 0.29) is 47.9 Å². The van der Waals surface area contributed by atoms with Crippen LogP contribution in [-0.2, 0) is 42.8 Å². The summed E-state index contributed by atoms with van der Waals surface area (Å²) in [5, 5.41) is 0. The number of carbonyl (C=O) groups excluding carboxylic acids is 4. The van der Waals surface area contributed by atoms with Crippen molar-refractivity contribution >= 4 is 24.1 Å². The number of methoxy groups -OCH3 is 2. The lowest BCUT2D eigenvalue weighted by atomic mass is 9.53. The first kappa shape index (κ1) is 28.2. The van der Waals surface area contributed by atoms with Crippen LogP contribution in [0.4, 0.5) is 4.79 Å². The highest BCUT2D eigenvalue weighted by Gasteiger charge is 2.59. The molecule has 8 aliphatic rings. The molecule has 0 heterocycles. The van der Waals surface area contributed by atoms with E-state index in [1.165, 1.54) is 28.1 Å². The molecular weight excluding hydrogens is 508 g/mol. The molecule has 0 saturated heterocycles. The first-order valence-corrected chi connectivity index (χ1v) is 14.3. The average Bonchev–Trinajstić information content (AvgIpc) is 2.86. The zero-order chi connectivity index (χ0) is 27.9. The number of esters is 3. The van der Waals surface area contributed by atoms with Crippen molar-refractivity contribution < 1.29 is 47.6 Å². The van der Waals surface area contributed by atoms with Gasteiger partial charge in [-0.05, 0) is 87.9 Å². The molecule has 8 aliphatic carbocycles. The van der Waals surface area contributed by atoms with Crippen molar-refractivity contribution in [3.05, 3.63) is 0 Å². The third-order valence-corrected chi connectivity index (χ3v) is 10.1. The van der Waals surface area contributed by atoms with Gasteiger partial charge in [0.25, 0.3) is 0 Å². The highest BCUT2D eigenvalue weighted by molar-refractivity contribution is 5.70. The van der Waals surface area contributed by atoms with Crippen LogP contribution in [0.1, 0.15) is 78.1 Å². The molecule has 0 amide bonds. The van der Waals surface area contributed by atoms with Crippen molar-refractivity contribution in [2.24, 2.45) is 35.5 Å². The van der Waals surface area contributed by atoms with Gasteiger partial charge in [0, 0.05) is 25.7 Å². The molecule has 4 atom stereocenters. The first-order chi connectivity index (χ1) is 18.5. The van der Waals surface area contributed by atoms with Gasteiger partial charge in [0.05, 0.1) is 19.8 Å². The Bertz CT molecular complexity index is 945. The molecule has 8 bridgehead atoms. The lowest BCUT2D eigenvalue weighted by Gasteiger charge is -2.58. The minimum absolute atomic E-state index is 0.0171. The van der Waals surface area contributed by atoms with Gasteiger partial charge in [-0.2, -0.15) is 0 Å². The summed E-state index contributed by atoms with van der Waals surface area (Å²) in [4.78, 5) is 45.2. The van der Waals surface area contributed by atoms with E-state index in [1.807, 2.05) is 0 Å². The van der Waals surface area contributed by atoms with E-state index in [9.17, 15) is 19.2 Å². The summed E-state index contributed by atoms with van der Waals surface area (Å²) in [6.07, 6.45) is 9.25. The predicted octanol–water partition coefficient (Wildman–Crippen LogP) is 3.97. The van der Waals surface area contributed by atoms with Crippen LogP contribution < -0.4 is 0 Å². The van der Waals surface area contributed by atoms with Crippen LogP contribution in [0.5, 0.6) is 0 Å². The monoisotopic (exact) mass is 550 g/mol. The topological polar surface area (TPSA) is 124 Å². The maximum absolute atomic E-state index is 11.4. The summed E-state index contributed by atoms with van der Waals surface area (Å²) < 4.78 is 31.8. The Morgan fingerprint density at radius 2 is 1.08 bits per heavy atom. The van der Waals surface area contributed by atoms with Crippen LogP contribution in [0.2, 0.25) is 0 Å². The summed E-state index contributed by atoms with van der Waals surface area (Å²) in [6.45, 7) is 2.97. The van der Waals surface area contributed by atoms with Crippen LogP contribution in [0.15, 0.2) is 0 Å². The van der Waals surface area contributed by atoms with Gasteiger partial charge in [0.15, 0.2) is 0 Å². The number of hydrogen-bond donors (Lipinski definition) is 0. The maximum atomic E-state index is 11.4. The van der Waals surface area contributed by atoms with Crippen LogP contribution in [0.3, 0.4) is 0 Å². The molecule has 0 radical (unpaired) electrons. The molecule has 0 N–H and O–H groups in total. The molecule has 8 rings (SSSR count). The lowest BCUT2D eigenvalue weighted by Crippen LogP contribution is -2.59. The molecule has 0 aromatic carbocycles. The zero-order valence-corrected chi connectivity index (χ0v) is 23.5. The second-order valence-corrected chi connectivity index (χ2v) is 12.9. The Morgan fingerprint density at radius 3 is 1.49 bits per heavy atom. The maximum Gasteiger partial charge on any atom is 0.508 e. The highest BCUT2D eigenvalue weighted by Crippen LogP contribution is 2.59. The molecule has 0 aromatic heterocycles. The Kier molecular flexibility index (Phi) is 7.87. The first-order valence-electron chi connectivity index (χ1n) is 14.3. The molecule has 10 nitrogen and oxygen atoms in total. The lowest BCUT2D eigenvalue weighted by molar-refractivity contribution is -0.215. The van der Waals surface area contributed by atoms with Crippen LogP contribution in [-0.4, -0.2) is 68.3 Å². The second kappa shape index (κ2) is 10.9. The van der Waals surface area contributed by atoms with Crippen LogP contribution in [0.25, 0.3) is 0 Å². The minimum atomic E-state index is -0.592. The van der Waals surface area contributed by atoms with E-state index in [1.54, 1.807) is 0 Å². The second-order valence-electron chi connectivity index (χ2n) is 12.9. The van der Waals surface area contributed by atoms with Gasteiger partial charge in [-0.15, -0.1) is 0 Å². The molecule has 0 spiro atoms. The van der Waals surface area contributed by atoms with Gasteiger partial charge in [0.2, 0.25) is 0 Å². The van der Waals surface area contributed by atoms with E-state index >= 15 is 0 Å². The van der Waals surface area contributed by atoms with Crippen molar-refractivity contribution in [1.82, 2.24) is 0 Å². The number of rotatable bonds is 6. The van der Waals surface area contributed by atoms with Crippen molar-refractivity contribution in [3.63, 3.8) is 0 Å². The number of ether oxygens (including phenoxy) is 6. The van der Waals surface area contributed by atoms with E-state index in [0.29, 0.717) is 35.5 Å². The SMILES string of the molecule is COC(=O)COC12CC3CC(C1)C(OC(C)=O)C(C3)C2.COC(=O)OC12CC3CC(C1)C(OC(C)=O)C(C3)C2. The summed E-state index contributed by atoms with van der Waals surface area (Å²) in [5.74, 6) is 1.97. The number of carbonyl (C=O) groups is 4. The van der Waals surface area contributed by atoms with Crippen LogP contribution >= 0.6 is 0 Å². The van der Waals surface area contributed by atoms with Gasteiger partial charge in [-0.3, -0.25) is 9.59 Å². The molecule has 0 aromatic rings. The smallest absolute Gasteiger partial charge is 0.467 e. The van der Waals surface area contributed by atoms with Crippen LogP contribution in [0, 0.1) is 35.5 Å². The molecule has 0 aliphatic heterocycles. The Labute approximate surface area is 229 Å². The highest BCUT2D eigenvalue weighted by atomic mass is 16.7. The molecule has 218 valence electrons. The quantitative estimate of drug-likeness (QED) is 0.354. The van der Waals surface area contributed by atoms with Crippen molar-refractivity contribution in [2.45, 2.75) is 101 Å². The van der Waals surface area contributed by atoms with Crippen molar-refractivity contribution in [1.29, 1.82) is 0 Å². The summed E-state index contributed by atoms with van der Waals surface area (Å²) in [7, 11) is 2.71. The van der Waals surface area contributed by atoms with Crippen molar-refractivity contribution in [2.75, 3.05) is 20.8 Å². The largest absolute Gasteiger partial charge is 0.508 e. The van der Waals surface area contributed by atoms with Gasteiger partial charge in [-0.25, -0.2) is 9.59 Å². The molecule has 4 unspecified atom stereocenters. The molecule has 39 heavy (non-hydrogen) atoms. The average molecular weight is 551 g/mol. The van der Waals surface area contributed by atoms with Gasteiger partial charge < -0.3 is 28.4 Å². The Balaban J connectivity index is 0.000000158. The van der Waals surface area contributed by atoms with E-state index in [0.717, 1.165) is 64.2 Å². The predicted molar refractivity (Wildman–Crippen MR) is 135 cm³/mol. The summed E-state index contributed by atoms with van der Waals surface area (Å²) in [6, 6.07) is 0. The fraction of sp³-hybridized carbons (Fsp3) is 0.862. The third kappa shape index (κ3) is 5.91. The minimum Gasteiger partial charge on any atom is -0.467 e. The van der Waals surface area contributed by atoms with Gasteiger partial charge in [-0.1, -0.05) is 0 Å². The fourth-order valence-corrected chi connectivity index (χ4v) is 9.37. The number of hydrogen-bond acceptors (Lipinski definition) is 10. The molecule has 10 heteroatoms. The molecule has 8 fully saturated rings. The van der Waals surface area contributed by atoms with Crippen molar-refractivity contribution in [3.8, 4) is 0 Å². The summed E-state index contributed by atoms with van der Waals surface area (Å²) >= 11 is 0.